The Balaban J connectivity index is 1.85. The Hall–Kier alpha value is -0.330. The van der Waals surface area contributed by atoms with Gasteiger partial charge in [-0.1, -0.05) is 23.2 Å². The molecular formula is C13H18Cl2N2O2S. The second-order valence-corrected chi connectivity index (χ2v) is 7.06. The molecule has 0 saturated carbocycles. The highest BCUT2D eigenvalue weighted by molar-refractivity contribution is 7.20. The van der Waals surface area contributed by atoms with E-state index in [1.54, 1.807) is 13.2 Å². The van der Waals surface area contributed by atoms with Gasteiger partial charge in [-0.15, -0.1) is 11.3 Å². The molecule has 2 heterocycles. The molecule has 1 atom stereocenters. The molecule has 0 bridgehead atoms. The second kappa shape index (κ2) is 7.61. The lowest BCUT2D eigenvalue weighted by atomic mass is 10.2. The molecule has 0 aliphatic carbocycles. The Morgan fingerprint density at radius 3 is 3.05 bits per heavy atom. The lowest BCUT2D eigenvalue weighted by Crippen LogP contribution is -2.41. The van der Waals surface area contributed by atoms with Gasteiger partial charge >= 0.3 is 0 Å². The van der Waals surface area contributed by atoms with Crippen molar-refractivity contribution < 1.29 is 9.53 Å². The van der Waals surface area contributed by atoms with Crippen LogP contribution in [0.25, 0.3) is 0 Å². The lowest BCUT2D eigenvalue weighted by molar-refractivity contribution is 0.0933. The highest BCUT2D eigenvalue weighted by Crippen LogP contribution is 2.31. The van der Waals surface area contributed by atoms with Crippen molar-refractivity contribution in [3.8, 4) is 0 Å². The summed E-state index contributed by atoms with van der Waals surface area (Å²) in [6.45, 7) is 3.32. The second-order valence-electron chi connectivity index (χ2n) is 4.77. The average Bonchev–Trinajstić information content (AvgIpc) is 2.99. The molecule has 1 aromatic rings. The number of halogens is 2. The highest BCUT2D eigenvalue weighted by Gasteiger charge is 2.25. The fraction of sp³-hybridized carbons (Fsp3) is 0.615. The van der Waals surface area contributed by atoms with Gasteiger partial charge in [0.05, 0.1) is 16.5 Å². The molecule has 1 aromatic heterocycles. The van der Waals surface area contributed by atoms with Gasteiger partial charge in [0.1, 0.15) is 4.34 Å². The van der Waals surface area contributed by atoms with Crippen LogP contribution >= 0.6 is 34.5 Å². The number of amides is 1. The lowest BCUT2D eigenvalue weighted by Gasteiger charge is -2.24. The minimum Gasteiger partial charge on any atom is -0.383 e. The number of rotatable bonds is 6. The van der Waals surface area contributed by atoms with E-state index in [1.165, 1.54) is 11.3 Å². The third-order valence-corrected chi connectivity index (χ3v) is 4.97. The van der Waals surface area contributed by atoms with E-state index >= 15 is 0 Å². The van der Waals surface area contributed by atoms with Crippen LogP contribution in [0.5, 0.6) is 0 Å². The van der Waals surface area contributed by atoms with Crippen molar-refractivity contribution >= 4 is 40.4 Å². The third-order valence-electron chi connectivity index (χ3n) is 3.48. The Labute approximate surface area is 133 Å². The summed E-state index contributed by atoms with van der Waals surface area (Å²) in [5, 5.41) is 2.94. The summed E-state index contributed by atoms with van der Waals surface area (Å²) in [4.78, 5) is 14.4. The fourth-order valence-electron chi connectivity index (χ4n) is 2.43. The predicted octanol–water partition coefficient (Wildman–Crippen LogP) is 2.90. The van der Waals surface area contributed by atoms with Crippen molar-refractivity contribution in [2.75, 3.05) is 33.4 Å². The molecule has 1 aliphatic heterocycles. The van der Waals surface area contributed by atoms with Crippen LogP contribution in [0.2, 0.25) is 8.67 Å². The van der Waals surface area contributed by atoms with Crippen LogP contribution in [0.3, 0.4) is 0 Å². The highest BCUT2D eigenvalue weighted by atomic mass is 35.5. The number of thiophene rings is 1. The first-order valence-corrected chi connectivity index (χ1v) is 8.15. The Kier molecular flexibility index (Phi) is 6.11. The van der Waals surface area contributed by atoms with Crippen LogP contribution in [-0.4, -0.2) is 50.2 Å². The number of carbonyl (C=O) groups excluding carboxylic acids is 1. The van der Waals surface area contributed by atoms with E-state index in [9.17, 15) is 4.79 Å². The molecule has 20 heavy (non-hydrogen) atoms. The molecule has 7 heteroatoms. The normalized spacial score (nSPS) is 19.4. The first-order valence-electron chi connectivity index (χ1n) is 6.58. The zero-order valence-corrected chi connectivity index (χ0v) is 13.7. The van der Waals surface area contributed by atoms with Crippen LogP contribution in [0.1, 0.15) is 23.2 Å². The van der Waals surface area contributed by atoms with Crippen molar-refractivity contribution in [3.63, 3.8) is 0 Å². The topological polar surface area (TPSA) is 41.6 Å². The van der Waals surface area contributed by atoms with Gasteiger partial charge in [0, 0.05) is 26.2 Å². The van der Waals surface area contributed by atoms with Crippen molar-refractivity contribution in [2.45, 2.75) is 18.9 Å². The number of methoxy groups -OCH3 is 1. The first-order chi connectivity index (χ1) is 9.61. The van der Waals surface area contributed by atoms with E-state index in [2.05, 4.69) is 10.2 Å². The molecule has 0 radical (unpaired) electrons. The van der Waals surface area contributed by atoms with Gasteiger partial charge in [-0.05, 0) is 25.5 Å². The molecule has 1 aliphatic rings. The van der Waals surface area contributed by atoms with Gasteiger partial charge in [0.25, 0.3) is 5.91 Å². The Morgan fingerprint density at radius 2 is 2.40 bits per heavy atom. The van der Waals surface area contributed by atoms with E-state index in [0.717, 1.165) is 32.5 Å². The summed E-state index contributed by atoms with van der Waals surface area (Å²) in [6.07, 6.45) is 2.26. The van der Waals surface area contributed by atoms with Gasteiger partial charge in [-0.3, -0.25) is 9.69 Å². The van der Waals surface area contributed by atoms with E-state index < -0.39 is 0 Å². The number of ether oxygens (including phenoxy) is 1. The van der Waals surface area contributed by atoms with Crippen LogP contribution in [-0.2, 0) is 4.74 Å². The van der Waals surface area contributed by atoms with Crippen molar-refractivity contribution in [2.24, 2.45) is 0 Å². The van der Waals surface area contributed by atoms with Crippen molar-refractivity contribution in [1.29, 1.82) is 0 Å². The fourth-order valence-corrected chi connectivity index (χ4v) is 3.89. The van der Waals surface area contributed by atoms with Gasteiger partial charge in [-0.2, -0.15) is 0 Å². The molecule has 0 unspecified atom stereocenters. The number of likely N-dealkylation sites (tertiary alicyclic amines) is 1. The van der Waals surface area contributed by atoms with Crippen LogP contribution < -0.4 is 5.32 Å². The van der Waals surface area contributed by atoms with Gasteiger partial charge < -0.3 is 10.1 Å². The quantitative estimate of drug-likeness (QED) is 0.868. The summed E-state index contributed by atoms with van der Waals surface area (Å²) in [5.74, 6) is -0.156. The largest absolute Gasteiger partial charge is 0.383 e. The van der Waals surface area contributed by atoms with Gasteiger partial charge in [-0.25, -0.2) is 0 Å². The van der Waals surface area contributed by atoms with Gasteiger partial charge in [0.2, 0.25) is 0 Å². The summed E-state index contributed by atoms with van der Waals surface area (Å²) in [6, 6.07) is 1.99. The number of hydrogen-bond acceptors (Lipinski definition) is 4. The smallest absolute Gasteiger partial charge is 0.253 e. The summed E-state index contributed by atoms with van der Waals surface area (Å²) >= 11 is 13.0. The van der Waals surface area contributed by atoms with Crippen molar-refractivity contribution in [3.05, 3.63) is 20.3 Å². The molecule has 1 N–H and O–H groups in total. The van der Waals surface area contributed by atoms with Crippen LogP contribution in [0, 0.1) is 0 Å². The van der Waals surface area contributed by atoms with E-state index in [-0.39, 0.29) is 5.91 Å². The minimum absolute atomic E-state index is 0.156. The van der Waals surface area contributed by atoms with Crippen LogP contribution in [0.4, 0.5) is 0 Å². The molecule has 112 valence electrons. The molecule has 2 rings (SSSR count). The zero-order chi connectivity index (χ0) is 14.5. The summed E-state index contributed by atoms with van der Waals surface area (Å²) < 4.78 is 6.08. The molecular weight excluding hydrogens is 319 g/mol. The molecule has 0 aromatic carbocycles. The Morgan fingerprint density at radius 1 is 1.60 bits per heavy atom. The molecule has 1 amide bonds. The molecule has 4 nitrogen and oxygen atoms in total. The number of carbonyl (C=O) groups is 1. The molecule has 0 spiro atoms. The number of hydrogen-bond donors (Lipinski definition) is 1. The first kappa shape index (κ1) is 16.0. The maximum absolute atomic E-state index is 12.1. The average molecular weight is 337 g/mol. The van der Waals surface area contributed by atoms with Gasteiger partial charge in [0.15, 0.2) is 0 Å². The predicted molar refractivity (Wildman–Crippen MR) is 83.1 cm³/mol. The zero-order valence-electron chi connectivity index (χ0n) is 11.3. The number of nitrogens with one attached hydrogen (secondary N) is 1. The number of nitrogens with zero attached hydrogens (tertiary/aromatic N) is 1. The SMILES string of the molecule is COCCN1CCC[C@@H]1CNC(=O)c1cc(Cl)sc1Cl. The molecule has 1 fully saturated rings. The van der Waals surface area contributed by atoms with Crippen molar-refractivity contribution in [1.82, 2.24) is 10.2 Å². The van der Waals surface area contributed by atoms with E-state index in [0.29, 0.717) is 26.8 Å². The maximum atomic E-state index is 12.1. The van der Waals surface area contributed by atoms with E-state index in [1.807, 2.05) is 0 Å². The minimum atomic E-state index is -0.156. The monoisotopic (exact) mass is 336 g/mol. The Bertz CT molecular complexity index is 467. The molecule has 1 saturated heterocycles. The van der Waals surface area contributed by atoms with E-state index in [4.69, 9.17) is 27.9 Å². The van der Waals surface area contributed by atoms with Crippen LogP contribution in [0.15, 0.2) is 6.07 Å². The summed E-state index contributed by atoms with van der Waals surface area (Å²) in [7, 11) is 1.70. The standard InChI is InChI=1S/C13H18Cl2N2O2S/c1-19-6-5-17-4-2-3-9(17)8-16-13(18)10-7-11(14)20-12(10)15/h7,9H,2-6,8H2,1H3,(H,16,18)/t9-/m1/s1. The summed E-state index contributed by atoms with van der Waals surface area (Å²) in [5.41, 5.74) is 0.461. The maximum Gasteiger partial charge on any atom is 0.253 e. The third kappa shape index (κ3) is 4.09.